The summed E-state index contributed by atoms with van der Waals surface area (Å²) in [5.41, 5.74) is 11.4. The van der Waals surface area contributed by atoms with Crippen LogP contribution in [-0.2, 0) is 38.5 Å². The number of anilines is 2. The molecule has 2 rings (SSSR count). The average molecular weight is 473 g/mol. The first-order chi connectivity index (χ1) is 15.4. The molecule has 0 saturated carbocycles. The monoisotopic (exact) mass is 472 g/mol. The van der Waals surface area contributed by atoms with Gasteiger partial charge < -0.3 is 9.99 Å². The largest absolute Gasteiger partial charge is 0.380 e. The van der Waals surface area contributed by atoms with Crippen molar-refractivity contribution in [1.29, 1.82) is 0 Å². The lowest BCUT2D eigenvalue weighted by Gasteiger charge is -2.37. The molecule has 4 heteroatoms. The molecule has 0 bridgehead atoms. The lowest BCUT2D eigenvalue weighted by atomic mass is 9.96. The number of thiol groups is 1. The van der Waals surface area contributed by atoms with Crippen LogP contribution in [0.2, 0.25) is 0 Å². The highest BCUT2D eigenvalue weighted by molar-refractivity contribution is 8.38. The average Bonchev–Trinajstić information content (AvgIpc) is 2.83. The molecule has 0 spiro atoms. The van der Waals surface area contributed by atoms with Gasteiger partial charge in [0.05, 0.1) is 6.04 Å². The summed E-state index contributed by atoms with van der Waals surface area (Å²) in [5, 5.41) is 3.94. The molecule has 0 aliphatic rings. The molecule has 0 aliphatic carbocycles. The van der Waals surface area contributed by atoms with E-state index in [1.165, 1.54) is 44.8 Å². The summed E-state index contributed by atoms with van der Waals surface area (Å²) in [6.45, 7) is 18.3. The van der Waals surface area contributed by atoms with Crippen molar-refractivity contribution < 1.29 is 0 Å². The van der Waals surface area contributed by atoms with Gasteiger partial charge >= 0.3 is 0 Å². The normalized spacial score (nSPS) is 13.5. The van der Waals surface area contributed by atoms with Crippen molar-refractivity contribution in [2.24, 2.45) is 0 Å². The van der Waals surface area contributed by atoms with Crippen LogP contribution in [0.25, 0.3) is 0 Å². The first-order valence-corrected chi connectivity index (χ1v) is 14.9. The second-order valence-corrected chi connectivity index (χ2v) is 10.1. The van der Waals surface area contributed by atoms with Gasteiger partial charge in [-0.15, -0.1) is 12.2 Å². The van der Waals surface area contributed by atoms with E-state index in [1.807, 2.05) is 0 Å². The Morgan fingerprint density at radius 2 is 1.12 bits per heavy atom. The molecule has 0 amide bonds. The Balaban J connectivity index is 2.43. The molecule has 2 nitrogen and oxygen atoms in total. The maximum absolute atomic E-state index is 4.84. The van der Waals surface area contributed by atoms with Crippen LogP contribution in [-0.4, -0.2) is 12.1 Å². The number of hydrogen-bond donors (Lipinski definition) is 2. The number of nitrogens with zero attached hydrogens (tertiary/aromatic N) is 1. The summed E-state index contributed by atoms with van der Waals surface area (Å²) in [7, 11) is 0.437. The summed E-state index contributed by atoms with van der Waals surface area (Å²) in [6.07, 6.45) is 6.40. The minimum atomic E-state index is 0.304. The highest BCUT2D eigenvalue weighted by Crippen LogP contribution is 2.40. The summed E-state index contributed by atoms with van der Waals surface area (Å²) < 4.78 is 2.54. The summed E-state index contributed by atoms with van der Waals surface area (Å²) >= 11 is 4.84. The van der Waals surface area contributed by atoms with E-state index in [-0.39, 0.29) is 0 Å². The Kier molecular flexibility index (Phi) is 10.9. The predicted molar refractivity (Wildman–Crippen MR) is 151 cm³/mol. The fourth-order valence-electron chi connectivity index (χ4n) is 4.59. The molecule has 1 N–H and O–H groups in total. The number of aryl methyl sites for hydroxylation is 6. The van der Waals surface area contributed by atoms with Crippen molar-refractivity contribution in [3.63, 3.8) is 0 Å². The third kappa shape index (κ3) is 6.03. The van der Waals surface area contributed by atoms with E-state index < -0.39 is 0 Å². The summed E-state index contributed by atoms with van der Waals surface area (Å²) in [4.78, 5) is 0. The van der Waals surface area contributed by atoms with Crippen LogP contribution in [0.1, 0.15) is 88.8 Å². The Hall–Kier alpha value is -1.18. The SMILES string of the molecule is CCc1cc(CC)c(NC(C)C(C)N(PS)c2c(CC)cc(CC)cc2CC)c(CC)c1. The maximum Gasteiger partial charge on any atom is 0.0503 e. The predicted octanol–water partition coefficient (Wildman–Crippen LogP) is 8.19. The molecule has 2 aromatic rings. The standard InChI is InChI=1S/C28H45N2PS/c1-9-21-15-23(11-3)27(24(12-4)16-21)29-19(7)20(8)30(31-32)28-25(13-5)17-22(10-2)18-26(28)14-6/h15-20,29,31-32H,9-14H2,1-8H3. The molecule has 0 fully saturated rings. The zero-order valence-electron chi connectivity index (χ0n) is 21.6. The van der Waals surface area contributed by atoms with Crippen molar-refractivity contribution in [3.8, 4) is 0 Å². The van der Waals surface area contributed by atoms with E-state index in [4.69, 9.17) is 12.2 Å². The van der Waals surface area contributed by atoms with Gasteiger partial charge in [0.1, 0.15) is 0 Å². The van der Waals surface area contributed by atoms with Gasteiger partial charge in [-0.3, -0.25) is 0 Å². The van der Waals surface area contributed by atoms with Crippen LogP contribution in [0.15, 0.2) is 24.3 Å². The van der Waals surface area contributed by atoms with Gasteiger partial charge in [-0.25, -0.2) is 0 Å². The van der Waals surface area contributed by atoms with E-state index >= 15 is 0 Å². The van der Waals surface area contributed by atoms with Crippen molar-refractivity contribution in [2.75, 3.05) is 9.99 Å². The first kappa shape index (κ1) is 27.1. The number of benzene rings is 2. The van der Waals surface area contributed by atoms with Crippen LogP contribution in [0.3, 0.4) is 0 Å². The molecule has 178 valence electrons. The summed E-state index contributed by atoms with van der Waals surface area (Å²) in [5.74, 6) is 0. The highest BCUT2D eigenvalue weighted by atomic mass is 32.7. The Morgan fingerprint density at radius 1 is 0.719 bits per heavy atom. The van der Waals surface area contributed by atoms with Gasteiger partial charge in [-0.2, -0.15) is 0 Å². The zero-order valence-corrected chi connectivity index (χ0v) is 23.5. The van der Waals surface area contributed by atoms with Gasteiger partial charge in [0.15, 0.2) is 0 Å². The van der Waals surface area contributed by atoms with Gasteiger partial charge in [0, 0.05) is 25.3 Å². The molecular formula is C28H45N2PS. The number of nitrogens with one attached hydrogen (secondary N) is 1. The third-order valence-electron chi connectivity index (χ3n) is 6.88. The molecule has 3 atom stereocenters. The third-order valence-corrected chi connectivity index (χ3v) is 8.37. The van der Waals surface area contributed by atoms with E-state index in [9.17, 15) is 0 Å². The van der Waals surface area contributed by atoms with Crippen LogP contribution < -0.4 is 9.99 Å². The second-order valence-electron chi connectivity index (χ2n) is 8.82. The Bertz CT molecular complexity index is 830. The lowest BCUT2D eigenvalue weighted by Crippen LogP contribution is -2.40. The minimum Gasteiger partial charge on any atom is -0.380 e. The molecule has 2 aromatic carbocycles. The topological polar surface area (TPSA) is 15.3 Å². The van der Waals surface area contributed by atoms with Gasteiger partial charge in [-0.1, -0.05) is 65.8 Å². The fourth-order valence-corrected chi connectivity index (χ4v) is 6.23. The van der Waals surface area contributed by atoms with E-state index in [2.05, 4.69) is 89.6 Å². The van der Waals surface area contributed by atoms with E-state index in [0.717, 1.165) is 38.5 Å². The minimum absolute atomic E-state index is 0.304. The van der Waals surface area contributed by atoms with Gasteiger partial charge in [0.25, 0.3) is 0 Å². The lowest BCUT2D eigenvalue weighted by molar-refractivity contribution is 0.639. The van der Waals surface area contributed by atoms with Crippen LogP contribution in [0, 0.1) is 0 Å². The fraction of sp³-hybridized carbons (Fsp3) is 0.571. The van der Waals surface area contributed by atoms with Crippen molar-refractivity contribution >= 4 is 31.6 Å². The van der Waals surface area contributed by atoms with Crippen LogP contribution in [0.5, 0.6) is 0 Å². The first-order valence-electron chi connectivity index (χ1n) is 12.6. The summed E-state index contributed by atoms with van der Waals surface area (Å²) in [6, 6.07) is 10.2. The van der Waals surface area contributed by atoms with Crippen molar-refractivity contribution in [2.45, 2.75) is 106 Å². The highest BCUT2D eigenvalue weighted by Gasteiger charge is 2.25. The molecule has 0 aliphatic heterocycles. The van der Waals surface area contributed by atoms with Crippen LogP contribution in [0.4, 0.5) is 11.4 Å². The van der Waals surface area contributed by atoms with Crippen LogP contribution >= 0.6 is 20.2 Å². The smallest absolute Gasteiger partial charge is 0.0503 e. The van der Waals surface area contributed by atoms with E-state index in [1.54, 1.807) is 0 Å². The molecule has 3 unspecified atom stereocenters. The molecule has 0 radical (unpaired) electrons. The zero-order chi connectivity index (χ0) is 23.8. The molecule has 0 aromatic heterocycles. The van der Waals surface area contributed by atoms with Gasteiger partial charge in [0.2, 0.25) is 0 Å². The molecule has 0 heterocycles. The molecular weight excluding hydrogens is 427 g/mol. The molecule has 0 saturated heterocycles. The molecule has 32 heavy (non-hydrogen) atoms. The second kappa shape index (κ2) is 12.9. The van der Waals surface area contributed by atoms with Gasteiger partial charge in [-0.05, 0) is 85.8 Å². The number of rotatable bonds is 12. The Labute approximate surface area is 205 Å². The van der Waals surface area contributed by atoms with Crippen molar-refractivity contribution in [3.05, 3.63) is 57.6 Å². The quantitative estimate of drug-likeness (QED) is 0.239. The van der Waals surface area contributed by atoms with Crippen molar-refractivity contribution in [1.82, 2.24) is 0 Å². The maximum atomic E-state index is 4.84. The van der Waals surface area contributed by atoms with E-state index in [0.29, 0.717) is 20.0 Å². The Morgan fingerprint density at radius 3 is 1.47 bits per heavy atom. The number of hydrogen-bond acceptors (Lipinski definition) is 3.